The fraction of sp³-hybridized carbons (Fsp3) is 0.667. The molecule has 0 aliphatic carbocycles. The molecular weight excluding hydrogens is 260 g/mol. The van der Waals surface area contributed by atoms with Gasteiger partial charge in [0.15, 0.2) is 0 Å². The Bertz CT molecular complexity index is 385. The van der Waals surface area contributed by atoms with E-state index in [0.717, 1.165) is 31.9 Å². The highest BCUT2D eigenvalue weighted by Crippen LogP contribution is 2.20. The van der Waals surface area contributed by atoms with Crippen molar-refractivity contribution in [2.24, 2.45) is 0 Å². The summed E-state index contributed by atoms with van der Waals surface area (Å²) in [6.45, 7) is 9.70. The second-order valence-corrected chi connectivity index (χ2v) is 5.84. The molecular formula is C18H30N2O. The van der Waals surface area contributed by atoms with Crippen molar-refractivity contribution in [1.82, 2.24) is 10.2 Å². The van der Waals surface area contributed by atoms with Gasteiger partial charge in [-0.1, -0.05) is 32.4 Å². The van der Waals surface area contributed by atoms with E-state index in [1.54, 1.807) is 0 Å². The van der Waals surface area contributed by atoms with Crippen LogP contribution in [0.4, 0.5) is 0 Å². The van der Waals surface area contributed by atoms with Crippen LogP contribution < -0.4 is 10.1 Å². The SMILES string of the molecule is CCNC(CC)c1ccc(OCCN2CCCCC2)cc1. The maximum Gasteiger partial charge on any atom is 0.119 e. The Morgan fingerprint density at radius 3 is 2.43 bits per heavy atom. The molecule has 3 nitrogen and oxygen atoms in total. The lowest BCUT2D eigenvalue weighted by Gasteiger charge is -2.26. The molecule has 1 aliphatic heterocycles. The van der Waals surface area contributed by atoms with Crippen molar-refractivity contribution in [2.75, 3.05) is 32.8 Å². The average molecular weight is 290 g/mol. The molecule has 3 heteroatoms. The zero-order chi connectivity index (χ0) is 14.9. The van der Waals surface area contributed by atoms with Crippen molar-refractivity contribution in [3.8, 4) is 5.75 Å². The summed E-state index contributed by atoms with van der Waals surface area (Å²) in [5.74, 6) is 0.988. The molecule has 2 rings (SSSR count). The van der Waals surface area contributed by atoms with Crippen LogP contribution in [0.5, 0.6) is 5.75 Å². The molecule has 21 heavy (non-hydrogen) atoms. The molecule has 118 valence electrons. The van der Waals surface area contributed by atoms with Crippen LogP contribution >= 0.6 is 0 Å². The van der Waals surface area contributed by atoms with E-state index in [9.17, 15) is 0 Å². The maximum atomic E-state index is 5.88. The van der Waals surface area contributed by atoms with Gasteiger partial charge in [0.1, 0.15) is 12.4 Å². The van der Waals surface area contributed by atoms with Gasteiger partial charge < -0.3 is 10.1 Å². The Morgan fingerprint density at radius 2 is 1.81 bits per heavy atom. The first kappa shape index (κ1) is 16.3. The van der Waals surface area contributed by atoms with Crippen molar-refractivity contribution in [2.45, 2.75) is 45.6 Å². The second-order valence-electron chi connectivity index (χ2n) is 5.84. The topological polar surface area (TPSA) is 24.5 Å². The summed E-state index contributed by atoms with van der Waals surface area (Å²) in [5.41, 5.74) is 1.35. The number of hydrogen-bond donors (Lipinski definition) is 1. The van der Waals surface area contributed by atoms with Crippen molar-refractivity contribution in [3.05, 3.63) is 29.8 Å². The summed E-state index contributed by atoms with van der Waals surface area (Å²) in [5, 5.41) is 3.51. The molecule has 0 spiro atoms. The monoisotopic (exact) mass is 290 g/mol. The third-order valence-electron chi connectivity index (χ3n) is 4.27. The van der Waals surface area contributed by atoms with Crippen LogP contribution in [0.15, 0.2) is 24.3 Å². The zero-order valence-corrected chi connectivity index (χ0v) is 13.6. The Kier molecular flexibility index (Phi) is 7.04. The first-order valence-electron chi connectivity index (χ1n) is 8.52. The van der Waals surface area contributed by atoms with Crippen LogP contribution in [0.1, 0.15) is 51.1 Å². The minimum absolute atomic E-state index is 0.456. The van der Waals surface area contributed by atoms with E-state index >= 15 is 0 Å². The minimum atomic E-state index is 0.456. The van der Waals surface area contributed by atoms with Crippen molar-refractivity contribution < 1.29 is 4.74 Å². The lowest BCUT2D eigenvalue weighted by molar-refractivity contribution is 0.183. The van der Waals surface area contributed by atoms with E-state index in [1.807, 2.05) is 0 Å². The Balaban J connectivity index is 1.76. The summed E-state index contributed by atoms with van der Waals surface area (Å²) in [6.07, 6.45) is 5.20. The number of ether oxygens (including phenoxy) is 1. The molecule has 1 heterocycles. The van der Waals surface area contributed by atoms with Gasteiger partial charge in [-0.25, -0.2) is 0 Å². The number of hydrogen-bond acceptors (Lipinski definition) is 3. The smallest absolute Gasteiger partial charge is 0.119 e. The first-order valence-corrected chi connectivity index (χ1v) is 8.52. The lowest BCUT2D eigenvalue weighted by Crippen LogP contribution is -2.33. The lowest BCUT2D eigenvalue weighted by atomic mass is 10.0. The standard InChI is InChI=1S/C18H30N2O/c1-3-18(19-4-2)16-8-10-17(11-9-16)21-15-14-20-12-6-5-7-13-20/h8-11,18-19H,3-7,12-15H2,1-2H3. The molecule has 0 amide bonds. The van der Waals surface area contributed by atoms with E-state index in [-0.39, 0.29) is 0 Å². The van der Waals surface area contributed by atoms with Crippen LogP contribution in [0.3, 0.4) is 0 Å². The van der Waals surface area contributed by atoms with E-state index < -0.39 is 0 Å². The first-order chi connectivity index (χ1) is 10.3. The fourth-order valence-electron chi connectivity index (χ4n) is 3.02. The van der Waals surface area contributed by atoms with Crippen molar-refractivity contribution in [1.29, 1.82) is 0 Å². The second kappa shape index (κ2) is 9.06. The molecule has 1 aromatic carbocycles. The predicted molar refractivity (Wildman–Crippen MR) is 88.9 cm³/mol. The van der Waals surface area contributed by atoms with Gasteiger partial charge in [0.25, 0.3) is 0 Å². The summed E-state index contributed by atoms with van der Waals surface area (Å²) in [7, 11) is 0. The molecule has 1 N–H and O–H groups in total. The summed E-state index contributed by atoms with van der Waals surface area (Å²) < 4.78 is 5.88. The molecule has 0 bridgehead atoms. The van der Waals surface area contributed by atoms with Gasteiger partial charge in [-0.2, -0.15) is 0 Å². The highest BCUT2D eigenvalue weighted by atomic mass is 16.5. The van der Waals surface area contributed by atoms with Gasteiger partial charge >= 0.3 is 0 Å². The van der Waals surface area contributed by atoms with Crippen LogP contribution in [-0.2, 0) is 0 Å². The average Bonchev–Trinajstić information content (AvgIpc) is 2.54. The van der Waals surface area contributed by atoms with Crippen molar-refractivity contribution >= 4 is 0 Å². The van der Waals surface area contributed by atoms with Gasteiger partial charge in [0.2, 0.25) is 0 Å². The van der Waals surface area contributed by atoms with Crippen LogP contribution in [0.25, 0.3) is 0 Å². The maximum absolute atomic E-state index is 5.88. The van der Waals surface area contributed by atoms with Gasteiger partial charge in [-0.05, 0) is 56.6 Å². The summed E-state index contributed by atoms with van der Waals surface area (Å²) in [6, 6.07) is 9.04. The molecule has 1 unspecified atom stereocenters. The molecule has 0 saturated carbocycles. The summed E-state index contributed by atoms with van der Waals surface area (Å²) in [4.78, 5) is 2.51. The van der Waals surface area contributed by atoms with Crippen molar-refractivity contribution in [3.63, 3.8) is 0 Å². The molecule has 0 aromatic heterocycles. The number of nitrogens with one attached hydrogen (secondary N) is 1. The number of likely N-dealkylation sites (tertiary alicyclic amines) is 1. The number of piperidine rings is 1. The van der Waals surface area contributed by atoms with Gasteiger partial charge in [-0.15, -0.1) is 0 Å². The molecule has 1 fully saturated rings. The van der Waals surface area contributed by atoms with E-state index in [4.69, 9.17) is 4.74 Å². The Morgan fingerprint density at radius 1 is 1.10 bits per heavy atom. The molecule has 0 radical (unpaired) electrons. The molecule has 1 aromatic rings. The van der Waals surface area contributed by atoms with E-state index in [2.05, 4.69) is 48.3 Å². The highest BCUT2D eigenvalue weighted by Gasteiger charge is 2.10. The number of benzene rings is 1. The summed E-state index contributed by atoms with van der Waals surface area (Å²) >= 11 is 0. The number of rotatable bonds is 8. The fourth-order valence-corrected chi connectivity index (χ4v) is 3.02. The Labute approximate surface area is 129 Å². The zero-order valence-electron chi connectivity index (χ0n) is 13.6. The van der Waals surface area contributed by atoms with Gasteiger partial charge in [0, 0.05) is 12.6 Å². The van der Waals surface area contributed by atoms with Gasteiger partial charge in [-0.3, -0.25) is 4.90 Å². The van der Waals surface area contributed by atoms with E-state index in [0.29, 0.717) is 6.04 Å². The molecule has 1 aliphatic rings. The van der Waals surface area contributed by atoms with Crippen LogP contribution in [0.2, 0.25) is 0 Å². The largest absolute Gasteiger partial charge is 0.492 e. The van der Waals surface area contributed by atoms with Crippen LogP contribution in [-0.4, -0.2) is 37.7 Å². The highest BCUT2D eigenvalue weighted by molar-refractivity contribution is 5.29. The quantitative estimate of drug-likeness (QED) is 0.791. The van der Waals surface area contributed by atoms with Gasteiger partial charge in [0.05, 0.1) is 0 Å². The number of nitrogens with zero attached hydrogens (tertiary/aromatic N) is 1. The Hall–Kier alpha value is -1.06. The minimum Gasteiger partial charge on any atom is -0.492 e. The molecule has 1 atom stereocenters. The molecule has 1 saturated heterocycles. The predicted octanol–water partition coefficient (Wildman–Crippen LogP) is 3.61. The van der Waals surface area contributed by atoms with Crippen LogP contribution in [0, 0.1) is 0 Å². The third-order valence-corrected chi connectivity index (χ3v) is 4.27. The van der Waals surface area contributed by atoms with E-state index in [1.165, 1.54) is 37.9 Å². The third kappa shape index (κ3) is 5.33. The normalized spacial score (nSPS) is 17.6.